The van der Waals surface area contributed by atoms with Gasteiger partial charge in [-0.05, 0) is 37.1 Å². The third-order valence-corrected chi connectivity index (χ3v) is 3.56. The minimum atomic E-state index is -0.877. The first-order valence-corrected chi connectivity index (χ1v) is 8.04. The number of carbonyl (C=O) groups is 3. The fraction of sp³-hybridized carbons (Fsp3) is 0.333. The molecule has 1 aromatic rings. The Morgan fingerprint density at radius 2 is 1.89 bits per heavy atom. The van der Waals surface area contributed by atoms with Gasteiger partial charge in [-0.25, -0.2) is 4.79 Å². The zero-order valence-corrected chi connectivity index (χ0v) is 15.3. The van der Waals surface area contributed by atoms with Crippen molar-refractivity contribution in [1.82, 2.24) is 5.32 Å². The summed E-state index contributed by atoms with van der Waals surface area (Å²) in [5.74, 6) is -2.35. The van der Waals surface area contributed by atoms with E-state index in [0.29, 0.717) is 17.7 Å². The average Bonchev–Trinajstić information content (AvgIpc) is 2.66. The molecule has 0 aromatic heterocycles. The van der Waals surface area contributed by atoms with E-state index in [1.165, 1.54) is 20.1 Å². The number of nitrogens with one attached hydrogen (secondary N) is 1. The van der Waals surface area contributed by atoms with Crippen molar-refractivity contribution in [3.8, 4) is 5.75 Å². The van der Waals surface area contributed by atoms with E-state index in [9.17, 15) is 14.4 Å². The molecule has 146 valence electrons. The molecule has 1 atom stereocenters. The maximum absolute atomic E-state index is 11.8. The third-order valence-electron chi connectivity index (χ3n) is 3.56. The van der Waals surface area contributed by atoms with Gasteiger partial charge in [-0.15, -0.1) is 0 Å². The number of aliphatic carboxylic acids is 1. The molecular formula is C18H22N2O7. The first-order chi connectivity index (χ1) is 12.8. The molecule has 9 heteroatoms. The maximum Gasteiger partial charge on any atom is 0.354 e. The number of benzene rings is 1. The van der Waals surface area contributed by atoms with Crippen LogP contribution in [0.5, 0.6) is 5.75 Å². The summed E-state index contributed by atoms with van der Waals surface area (Å²) in [4.78, 5) is 34.3. The number of methoxy groups -OCH3 is 1. The average molecular weight is 378 g/mol. The Balaban J connectivity index is 2.82. The summed E-state index contributed by atoms with van der Waals surface area (Å²) in [6.45, 7) is 3.14. The van der Waals surface area contributed by atoms with E-state index in [2.05, 4.69) is 15.2 Å². The van der Waals surface area contributed by atoms with Crippen molar-refractivity contribution in [1.29, 1.82) is 0 Å². The number of amides is 1. The van der Waals surface area contributed by atoms with Gasteiger partial charge in [0.1, 0.15) is 17.2 Å². The Kier molecular flexibility index (Phi) is 8.50. The highest BCUT2D eigenvalue weighted by molar-refractivity contribution is 6.38. The van der Waals surface area contributed by atoms with Gasteiger partial charge >= 0.3 is 11.9 Å². The van der Waals surface area contributed by atoms with Crippen molar-refractivity contribution >= 4 is 29.6 Å². The molecule has 0 aliphatic carbocycles. The highest BCUT2D eigenvalue weighted by Crippen LogP contribution is 2.15. The molecule has 0 aliphatic heterocycles. The predicted molar refractivity (Wildman–Crippen MR) is 96.4 cm³/mol. The van der Waals surface area contributed by atoms with Gasteiger partial charge in [-0.3, -0.25) is 9.59 Å². The molecule has 1 aromatic carbocycles. The van der Waals surface area contributed by atoms with Crippen LogP contribution in [0.25, 0.3) is 6.08 Å². The van der Waals surface area contributed by atoms with Crippen LogP contribution in [-0.2, 0) is 19.1 Å². The number of oxime groups is 1. The number of nitrogens with zero attached hydrogens (tertiary/aromatic N) is 1. The smallest absolute Gasteiger partial charge is 0.354 e. The topological polar surface area (TPSA) is 135 Å². The number of hydrogen-bond donors (Lipinski definition) is 3. The summed E-state index contributed by atoms with van der Waals surface area (Å²) < 4.78 is 10.1. The van der Waals surface area contributed by atoms with Crippen LogP contribution in [-0.4, -0.2) is 47.6 Å². The van der Waals surface area contributed by atoms with Gasteiger partial charge < -0.3 is 25.1 Å². The molecule has 1 unspecified atom stereocenters. The lowest BCUT2D eigenvalue weighted by Gasteiger charge is -2.09. The van der Waals surface area contributed by atoms with E-state index in [0.717, 1.165) is 0 Å². The SMILES string of the molecule is COC(=O)/C(=C/c1ccc(OCCC(C)C(=O)O)cc1)NC(=O)/C(C)=N\O. The van der Waals surface area contributed by atoms with Crippen LogP contribution in [0.1, 0.15) is 25.8 Å². The van der Waals surface area contributed by atoms with E-state index in [-0.39, 0.29) is 18.0 Å². The molecule has 1 rings (SSSR count). The molecule has 9 nitrogen and oxygen atoms in total. The van der Waals surface area contributed by atoms with Crippen LogP contribution >= 0.6 is 0 Å². The number of hydrogen-bond acceptors (Lipinski definition) is 7. The first-order valence-electron chi connectivity index (χ1n) is 8.04. The van der Waals surface area contributed by atoms with Gasteiger partial charge in [0.05, 0.1) is 19.6 Å². The van der Waals surface area contributed by atoms with E-state index >= 15 is 0 Å². The van der Waals surface area contributed by atoms with Crippen LogP contribution in [0, 0.1) is 5.92 Å². The van der Waals surface area contributed by atoms with Crippen molar-refractivity contribution in [2.75, 3.05) is 13.7 Å². The Morgan fingerprint density at radius 3 is 2.41 bits per heavy atom. The van der Waals surface area contributed by atoms with Crippen molar-refractivity contribution < 1.29 is 34.2 Å². The van der Waals surface area contributed by atoms with Gasteiger partial charge in [0.2, 0.25) is 0 Å². The first kappa shape index (κ1) is 21.7. The molecule has 0 heterocycles. The molecule has 0 spiro atoms. The minimum Gasteiger partial charge on any atom is -0.494 e. The summed E-state index contributed by atoms with van der Waals surface area (Å²) in [6.07, 6.45) is 1.77. The predicted octanol–water partition coefficient (Wildman–Crippen LogP) is 1.66. The number of esters is 1. The van der Waals surface area contributed by atoms with Crippen molar-refractivity contribution in [3.05, 3.63) is 35.5 Å². The van der Waals surface area contributed by atoms with Gasteiger partial charge in [-0.1, -0.05) is 24.2 Å². The van der Waals surface area contributed by atoms with E-state index in [1.807, 2.05) is 0 Å². The van der Waals surface area contributed by atoms with Gasteiger partial charge in [0, 0.05) is 0 Å². The molecule has 0 fully saturated rings. The summed E-state index contributed by atoms with van der Waals surface area (Å²) in [7, 11) is 1.17. The number of ether oxygens (including phenoxy) is 2. The van der Waals surface area contributed by atoms with Gasteiger partial charge in [-0.2, -0.15) is 0 Å². The highest BCUT2D eigenvalue weighted by Gasteiger charge is 2.16. The second kappa shape index (κ2) is 10.6. The Hall–Kier alpha value is -3.36. The van der Waals surface area contributed by atoms with Crippen molar-refractivity contribution in [2.45, 2.75) is 20.3 Å². The van der Waals surface area contributed by atoms with Crippen LogP contribution in [0.4, 0.5) is 0 Å². The van der Waals surface area contributed by atoms with E-state index in [4.69, 9.17) is 15.1 Å². The summed E-state index contributed by atoms with van der Waals surface area (Å²) in [5.41, 5.74) is 0.235. The zero-order chi connectivity index (χ0) is 20.4. The van der Waals surface area contributed by atoms with Gasteiger partial charge in [0.15, 0.2) is 0 Å². The lowest BCUT2D eigenvalue weighted by molar-refractivity contribution is -0.141. The minimum absolute atomic E-state index is 0.130. The summed E-state index contributed by atoms with van der Waals surface area (Å²) in [6, 6.07) is 6.60. The van der Waals surface area contributed by atoms with Crippen LogP contribution in [0.2, 0.25) is 0 Å². The Labute approximate surface area is 156 Å². The van der Waals surface area contributed by atoms with Crippen LogP contribution < -0.4 is 10.1 Å². The normalized spacial score (nSPS) is 12.9. The molecule has 1 amide bonds. The Bertz CT molecular complexity index is 739. The number of carboxylic acid groups (broad SMARTS) is 1. The van der Waals surface area contributed by atoms with Gasteiger partial charge in [0.25, 0.3) is 5.91 Å². The lowest BCUT2D eigenvalue weighted by Crippen LogP contribution is -2.32. The van der Waals surface area contributed by atoms with Crippen molar-refractivity contribution in [2.24, 2.45) is 11.1 Å². The third kappa shape index (κ3) is 7.18. The van der Waals surface area contributed by atoms with Crippen LogP contribution in [0.15, 0.2) is 35.1 Å². The number of carbonyl (C=O) groups excluding carboxylic acids is 2. The fourth-order valence-electron chi connectivity index (χ4n) is 1.82. The van der Waals surface area contributed by atoms with E-state index < -0.39 is 23.8 Å². The summed E-state index contributed by atoms with van der Waals surface area (Å²) >= 11 is 0. The maximum atomic E-state index is 11.8. The quantitative estimate of drug-likeness (QED) is 0.195. The second-order valence-electron chi connectivity index (χ2n) is 5.63. The molecule has 0 aliphatic rings. The van der Waals surface area contributed by atoms with E-state index in [1.54, 1.807) is 31.2 Å². The fourth-order valence-corrected chi connectivity index (χ4v) is 1.82. The summed E-state index contributed by atoms with van der Waals surface area (Å²) in [5, 5.41) is 22.5. The number of carboxylic acids is 1. The standard InChI is InChI=1S/C18H22N2O7/c1-11(17(22)23)8-9-27-14-6-4-13(5-7-14)10-15(18(24)26-3)19-16(21)12(2)20-25/h4-7,10-11,25H,8-9H2,1-3H3,(H,19,21)(H,22,23)/b15-10-,20-12-. The lowest BCUT2D eigenvalue weighted by atomic mass is 10.1. The molecule has 0 saturated carbocycles. The number of rotatable bonds is 9. The molecule has 0 radical (unpaired) electrons. The molecule has 0 bridgehead atoms. The molecule has 3 N–H and O–H groups in total. The van der Waals surface area contributed by atoms with Crippen LogP contribution in [0.3, 0.4) is 0 Å². The second-order valence-corrected chi connectivity index (χ2v) is 5.63. The largest absolute Gasteiger partial charge is 0.494 e. The van der Waals surface area contributed by atoms with Crippen molar-refractivity contribution in [3.63, 3.8) is 0 Å². The molecular weight excluding hydrogens is 356 g/mol. The molecule has 0 saturated heterocycles. The highest BCUT2D eigenvalue weighted by atomic mass is 16.5. The molecule has 27 heavy (non-hydrogen) atoms. The monoisotopic (exact) mass is 378 g/mol. The Morgan fingerprint density at radius 1 is 1.26 bits per heavy atom. The zero-order valence-electron chi connectivity index (χ0n) is 15.3.